The van der Waals surface area contributed by atoms with Crippen LogP contribution in [0.5, 0.6) is 5.75 Å². The molecule has 0 saturated carbocycles. The van der Waals surface area contributed by atoms with Crippen molar-refractivity contribution in [3.05, 3.63) is 65.5 Å². The lowest BCUT2D eigenvalue weighted by molar-refractivity contribution is -0.123. The number of nitriles is 1. The van der Waals surface area contributed by atoms with Crippen molar-refractivity contribution in [2.24, 2.45) is 0 Å². The van der Waals surface area contributed by atoms with Gasteiger partial charge in [0.05, 0.1) is 6.07 Å². The SMILES string of the molecule is Cc1ccccc1OCC(=O)N[C@@H](C#N)c1ccc(F)cc1. The van der Waals surface area contributed by atoms with E-state index < -0.39 is 17.8 Å². The van der Waals surface area contributed by atoms with Crippen LogP contribution >= 0.6 is 0 Å². The topological polar surface area (TPSA) is 62.1 Å². The van der Waals surface area contributed by atoms with Gasteiger partial charge in [-0.3, -0.25) is 4.79 Å². The van der Waals surface area contributed by atoms with Crippen LogP contribution in [0, 0.1) is 24.1 Å². The molecule has 22 heavy (non-hydrogen) atoms. The number of nitrogens with one attached hydrogen (secondary N) is 1. The highest BCUT2D eigenvalue weighted by Crippen LogP contribution is 2.16. The van der Waals surface area contributed by atoms with E-state index in [4.69, 9.17) is 10.00 Å². The summed E-state index contributed by atoms with van der Waals surface area (Å²) in [4.78, 5) is 11.9. The molecule has 0 bridgehead atoms. The molecule has 4 nitrogen and oxygen atoms in total. The van der Waals surface area contributed by atoms with Crippen LogP contribution in [-0.4, -0.2) is 12.5 Å². The zero-order valence-corrected chi connectivity index (χ0v) is 12.0. The molecular formula is C17H15FN2O2. The summed E-state index contributed by atoms with van der Waals surface area (Å²) in [6.45, 7) is 1.69. The largest absolute Gasteiger partial charge is 0.484 e. The fourth-order valence-corrected chi connectivity index (χ4v) is 1.91. The van der Waals surface area contributed by atoms with E-state index in [9.17, 15) is 9.18 Å². The van der Waals surface area contributed by atoms with Gasteiger partial charge in [-0.1, -0.05) is 30.3 Å². The maximum atomic E-state index is 12.9. The van der Waals surface area contributed by atoms with Gasteiger partial charge < -0.3 is 10.1 Å². The summed E-state index contributed by atoms with van der Waals surface area (Å²) in [6, 6.07) is 13.9. The number of halogens is 1. The van der Waals surface area contributed by atoms with Crippen LogP contribution in [0.1, 0.15) is 17.2 Å². The maximum absolute atomic E-state index is 12.9. The maximum Gasteiger partial charge on any atom is 0.259 e. The van der Waals surface area contributed by atoms with Crippen LogP contribution in [0.25, 0.3) is 0 Å². The second-order valence-electron chi connectivity index (χ2n) is 4.74. The number of amides is 1. The van der Waals surface area contributed by atoms with Gasteiger partial charge in [-0.15, -0.1) is 0 Å². The minimum Gasteiger partial charge on any atom is -0.484 e. The zero-order valence-electron chi connectivity index (χ0n) is 12.0. The van der Waals surface area contributed by atoms with Crippen LogP contribution in [0.3, 0.4) is 0 Å². The standard InChI is InChI=1S/C17H15FN2O2/c1-12-4-2-3-5-16(12)22-11-17(21)20-15(10-19)13-6-8-14(18)9-7-13/h2-9,15H,11H2,1H3,(H,20,21)/t15-/m0/s1. The number of aryl methyl sites for hydroxylation is 1. The molecule has 2 aromatic carbocycles. The van der Waals surface area contributed by atoms with E-state index >= 15 is 0 Å². The average molecular weight is 298 g/mol. The molecule has 0 aliphatic carbocycles. The quantitative estimate of drug-likeness (QED) is 0.923. The van der Waals surface area contributed by atoms with Crippen molar-refractivity contribution < 1.29 is 13.9 Å². The second-order valence-corrected chi connectivity index (χ2v) is 4.74. The number of rotatable bonds is 5. The summed E-state index contributed by atoms with van der Waals surface area (Å²) in [6.07, 6.45) is 0. The molecule has 5 heteroatoms. The van der Waals surface area contributed by atoms with E-state index in [1.54, 1.807) is 6.07 Å². The number of hydrogen-bond acceptors (Lipinski definition) is 3. The Balaban J connectivity index is 1.94. The Morgan fingerprint density at radius 1 is 1.27 bits per heavy atom. The third-order valence-electron chi connectivity index (χ3n) is 3.09. The monoisotopic (exact) mass is 298 g/mol. The molecule has 0 aliphatic rings. The van der Waals surface area contributed by atoms with Crippen LogP contribution in [0.2, 0.25) is 0 Å². The fraction of sp³-hybridized carbons (Fsp3) is 0.176. The lowest BCUT2D eigenvalue weighted by atomic mass is 10.1. The first-order valence-electron chi connectivity index (χ1n) is 6.73. The first-order chi connectivity index (χ1) is 10.6. The number of carbonyl (C=O) groups is 1. The number of hydrogen-bond donors (Lipinski definition) is 1. The fourth-order valence-electron chi connectivity index (χ4n) is 1.91. The Morgan fingerprint density at radius 3 is 2.59 bits per heavy atom. The predicted octanol–water partition coefficient (Wildman–Crippen LogP) is 2.89. The Labute approximate surface area is 128 Å². The van der Waals surface area contributed by atoms with Gasteiger partial charge in [0.1, 0.15) is 17.6 Å². The smallest absolute Gasteiger partial charge is 0.259 e. The molecule has 0 aromatic heterocycles. The predicted molar refractivity (Wildman–Crippen MR) is 79.6 cm³/mol. The molecule has 0 radical (unpaired) electrons. The Morgan fingerprint density at radius 2 is 1.95 bits per heavy atom. The molecule has 0 saturated heterocycles. The highest BCUT2D eigenvalue weighted by molar-refractivity contribution is 5.78. The molecule has 112 valence electrons. The van der Waals surface area contributed by atoms with Crippen molar-refractivity contribution in [1.29, 1.82) is 5.26 Å². The van der Waals surface area contributed by atoms with Crippen molar-refractivity contribution in [2.45, 2.75) is 13.0 Å². The number of nitrogens with zero attached hydrogens (tertiary/aromatic N) is 1. The minimum absolute atomic E-state index is 0.190. The van der Waals surface area contributed by atoms with E-state index in [-0.39, 0.29) is 6.61 Å². The summed E-state index contributed by atoms with van der Waals surface area (Å²) >= 11 is 0. The molecule has 1 amide bonds. The van der Waals surface area contributed by atoms with Gasteiger partial charge in [-0.2, -0.15) is 5.26 Å². The third-order valence-corrected chi connectivity index (χ3v) is 3.09. The second kappa shape index (κ2) is 7.23. The summed E-state index contributed by atoms with van der Waals surface area (Å²) in [7, 11) is 0. The molecule has 0 spiro atoms. The number of carbonyl (C=O) groups excluding carboxylic acids is 1. The molecule has 2 rings (SSSR count). The summed E-state index contributed by atoms with van der Waals surface area (Å²) in [5.41, 5.74) is 1.44. The van der Waals surface area contributed by atoms with E-state index in [1.165, 1.54) is 24.3 Å². The van der Waals surface area contributed by atoms with Gasteiger partial charge in [0.25, 0.3) is 5.91 Å². The molecule has 1 N–H and O–H groups in total. The zero-order chi connectivity index (χ0) is 15.9. The van der Waals surface area contributed by atoms with Gasteiger partial charge in [-0.05, 0) is 36.2 Å². The molecular weight excluding hydrogens is 283 g/mol. The van der Waals surface area contributed by atoms with Gasteiger partial charge in [0, 0.05) is 0 Å². The number of para-hydroxylation sites is 1. The highest BCUT2D eigenvalue weighted by atomic mass is 19.1. The number of benzene rings is 2. The average Bonchev–Trinajstić information content (AvgIpc) is 2.53. The molecule has 1 atom stereocenters. The van der Waals surface area contributed by atoms with E-state index in [2.05, 4.69) is 5.32 Å². The normalized spacial score (nSPS) is 11.3. The van der Waals surface area contributed by atoms with Crippen LogP contribution < -0.4 is 10.1 Å². The van der Waals surface area contributed by atoms with Crippen molar-refractivity contribution in [1.82, 2.24) is 5.32 Å². The summed E-state index contributed by atoms with van der Waals surface area (Å²) < 4.78 is 18.3. The summed E-state index contributed by atoms with van der Waals surface area (Å²) in [5.74, 6) is -0.193. The minimum atomic E-state index is -0.839. The van der Waals surface area contributed by atoms with E-state index in [0.717, 1.165) is 5.56 Å². The van der Waals surface area contributed by atoms with Crippen LogP contribution in [-0.2, 0) is 4.79 Å². The highest BCUT2D eigenvalue weighted by Gasteiger charge is 2.14. The molecule has 0 unspecified atom stereocenters. The Hall–Kier alpha value is -2.87. The molecule has 0 aliphatic heterocycles. The Bertz CT molecular complexity index is 693. The lowest BCUT2D eigenvalue weighted by Crippen LogP contribution is -2.32. The van der Waals surface area contributed by atoms with Gasteiger partial charge in [-0.25, -0.2) is 4.39 Å². The van der Waals surface area contributed by atoms with Crippen molar-refractivity contribution in [3.63, 3.8) is 0 Å². The first kappa shape index (κ1) is 15.5. The molecule has 2 aromatic rings. The Kier molecular flexibility index (Phi) is 5.10. The summed E-state index contributed by atoms with van der Waals surface area (Å²) in [5, 5.41) is 11.7. The van der Waals surface area contributed by atoms with Gasteiger partial charge in [0.2, 0.25) is 0 Å². The lowest BCUT2D eigenvalue weighted by Gasteiger charge is -2.13. The van der Waals surface area contributed by atoms with Crippen molar-refractivity contribution in [2.75, 3.05) is 6.61 Å². The van der Waals surface area contributed by atoms with Crippen molar-refractivity contribution >= 4 is 5.91 Å². The van der Waals surface area contributed by atoms with Crippen LogP contribution in [0.15, 0.2) is 48.5 Å². The first-order valence-corrected chi connectivity index (χ1v) is 6.73. The van der Waals surface area contributed by atoms with Gasteiger partial charge in [0.15, 0.2) is 6.61 Å². The van der Waals surface area contributed by atoms with Gasteiger partial charge >= 0.3 is 0 Å². The van der Waals surface area contributed by atoms with Crippen molar-refractivity contribution in [3.8, 4) is 11.8 Å². The third kappa shape index (κ3) is 4.06. The molecule has 0 heterocycles. The number of ether oxygens (including phenoxy) is 1. The van der Waals surface area contributed by atoms with E-state index in [1.807, 2.05) is 31.2 Å². The van der Waals surface area contributed by atoms with Crippen LogP contribution in [0.4, 0.5) is 4.39 Å². The van der Waals surface area contributed by atoms with E-state index in [0.29, 0.717) is 11.3 Å². The molecule has 0 fully saturated rings.